The average Bonchev–Trinajstić information content (AvgIpc) is 3.12. The number of phenols is 1. The molecule has 146 valence electrons. The minimum Gasteiger partial charge on any atom is -0.507 e. The van der Waals surface area contributed by atoms with Gasteiger partial charge in [-0.3, -0.25) is 4.90 Å². The number of nitrogens with zero attached hydrogens (tertiary/aromatic N) is 5. The molecular formula is C20H24N6O2. The molecule has 28 heavy (non-hydrogen) atoms. The van der Waals surface area contributed by atoms with E-state index in [1.807, 2.05) is 25.1 Å². The van der Waals surface area contributed by atoms with E-state index < -0.39 is 0 Å². The molecule has 0 saturated carbocycles. The van der Waals surface area contributed by atoms with Crippen molar-refractivity contribution in [2.24, 2.45) is 0 Å². The zero-order valence-corrected chi connectivity index (χ0v) is 15.9. The summed E-state index contributed by atoms with van der Waals surface area (Å²) in [4.78, 5) is 2.50. The summed E-state index contributed by atoms with van der Waals surface area (Å²) in [5, 5.41) is 27.1. The molecule has 2 aromatic heterocycles. The quantitative estimate of drug-likeness (QED) is 0.716. The number of anilines is 1. The molecule has 1 aromatic carbocycles. The van der Waals surface area contributed by atoms with Crippen molar-refractivity contribution in [3.8, 4) is 17.0 Å². The third-order valence-electron chi connectivity index (χ3n) is 5.66. The Hall–Kier alpha value is -2.71. The summed E-state index contributed by atoms with van der Waals surface area (Å²) in [6.45, 7) is 5.72. The molecule has 2 N–H and O–H groups in total. The smallest absolute Gasteiger partial charge is 0.244 e. The highest BCUT2D eigenvalue weighted by Crippen LogP contribution is 2.31. The number of rotatable bonds is 4. The van der Waals surface area contributed by atoms with Crippen LogP contribution in [0.25, 0.3) is 16.8 Å². The van der Waals surface area contributed by atoms with Gasteiger partial charge in [-0.05, 0) is 50.1 Å². The molecule has 0 amide bonds. The van der Waals surface area contributed by atoms with Crippen LogP contribution in [0, 0.1) is 6.92 Å². The molecule has 2 saturated heterocycles. The molecule has 0 aliphatic carbocycles. The van der Waals surface area contributed by atoms with Gasteiger partial charge >= 0.3 is 0 Å². The highest BCUT2D eigenvalue weighted by molar-refractivity contribution is 5.80. The van der Waals surface area contributed by atoms with E-state index in [0.717, 1.165) is 50.2 Å². The standard InChI is InChI=1S/C20H24N6O2/c1-13-4-5-16(18(27)9-13)19-17-6-7-21-26(17)20(24-23-19)22-14-3-2-8-25(10-14)15-11-28-12-15/h4-7,9,14-15,27H,2-3,8,10-12H2,1H3,(H,22,24)/t14-/m1/s1. The largest absolute Gasteiger partial charge is 0.507 e. The van der Waals surface area contributed by atoms with Crippen molar-refractivity contribution < 1.29 is 9.84 Å². The Kier molecular flexibility index (Phi) is 4.37. The molecule has 0 bridgehead atoms. The molecular weight excluding hydrogens is 356 g/mol. The molecule has 2 fully saturated rings. The fraction of sp³-hybridized carbons (Fsp3) is 0.450. The maximum atomic E-state index is 10.4. The molecule has 5 rings (SSSR count). The predicted molar refractivity (Wildman–Crippen MR) is 105 cm³/mol. The first-order chi connectivity index (χ1) is 13.7. The van der Waals surface area contributed by atoms with E-state index in [0.29, 0.717) is 29.3 Å². The van der Waals surface area contributed by atoms with Gasteiger partial charge in [-0.2, -0.15) is 9.61 Å². The number of phenolic OH excluding ortho intramolecular Hbond substituents is 1. The summed E-state index contributed by atoms with van der Waals surface area (Å²) in [5.41, 5.74) is 3.09. The summed E-state index contributed by atoms with van der Waals surface area (Å²) in [7, 11) is 0. The van der Waals surface area contributed by atoms with Gasteiger partial charge in [0.05, 0.1) is 31.0 Å². The fourth-order valence-corrected chi connectivity index (χ4v) is 4.04. The molecule has 2 aliphatic heterocycles. The first-order valence-corrected chi connectivity index (χ1v) is 9.78. The second kappa shape index (κ2) is 7.03. The van der Waals surface area contributed by atoms with E-state index in [9.17, 15) is 5.11 Å². The van der Waals surface area contributed by atoms with Crippen molar-refractivity contribution in [2.45, 2.75) is 31.8 Å². The zero-order valence-electron chi connectivity index (χ0n) is 15.9. The zero-order chi connectivity index (χ0) is 19.1. The van der Waals surface area contributed by atoms with Crippen LogP contribution in [-0.2, 0) is 4.74 Å². The van der Waals surface area contributed by atoms with Gasteiger partial charge in [0, 0.05) is 18.2 Å². The summed E-state index contributed by atoms with van der Waals surface area (Å²) >= 11 is 0. The Balaban J connectivity index is 1.43. The molecule has 0 spiro atoms. The van der Waals surface area contributed by atoms with E-state index in [2.05, 4.69) is 25.5 Å². The van der Waals surface area contributed by atoms with Gasteiger partial charge in [0.15, 0.2) is 0 Å². The first kappa shape index (κ1) is 17.4. The molecule has 8 nitrogen and oxygen atoms in total. The lowest BCUT2D eigenvalue weighted by Crippen LogP contribution is -2.54. The van der Waals surface area contributed by atoms with Gasteiger partial charge in [0.1, 0.15) is 11.4 Å². The lowest BCUT2D eigenvalue weighted by molar-refractivity contribution is -0.0710. The number of hydrogen-bond donors (Lipinski definition) is 2. The Bertz CT molecular complexity index is 1000. The van der Waals surface area contributed by atoms with Crippen molar-refractivity contribution in [3.63, 3.8) is 0 Å². The third-order valence-corrected chi connectivity index (χ3v) is 5.66. The topological polar surface area (TPSA) is 87.8 Å². The summed E-state index contributed by atoms with van der Waals surface area (Å²) in [5.74, 6) is 0.829. The fourth-order valence-electron chi connectivity index (χ4n) is 4.04. The molecule has 0 unspecified atom stereocenters. The van der Waals surface area contributed by atoms with Crippen molar-refractivity contribution in [3.05, 3.63) is 36.0 Å². The van der Waals surface area contributed by atoms with Crippen LogP contribution in [0.2, 0.25) is 0 Å². The van der Waals surface area contributed by atoms with Crippen LogP contribution >= 0.6 is 0 Å². The molecule has 8 heteroatoms. The summed E-state index contributed by atoms with van der Waals surface area (Å²) in [6, 6.07) is 8.30. The van der Waals surface area contributed by atoms with Crippen LogP contribution in [0.4, 0.5) is 5.95 Å². The Morgan fingerprint density at radius 3 is 2.89 bits per heavy atom. The van der Waals surface area contributed by atoms with Gasteiger partial charge in [-0.25, -0.2) is 0 Å². The van der Waals surface area contributed by atoms with Crippen LogP contribution < -0.4 is 5.32 Å². The molecule has 2 aliphatic rings. The predicted octanol–water partition coefficient (Wildman–Crippen LogP) is 2.08. The normalized spacial score (nSPS) is 21.0. The molecule has 1 atom stereocenters. The second-order valence-corrected chi connectivity index (χ2v) is 7.69. The maximum Gasteiger partial charge on any atom is 0.244 e. The minimum absolute atomic E-state index is 0.198. The van der Waals surface area contributed by atoms with Gasteiger partial charge in [-0.15, -0.1) is 10.2 Å². The lowest BCUT2D eigenvalue weighted by Gasteiger charge is -2.42. The Morgan fingerprint density at radius 1 is 1.21 bits per heavy atom. The summed E-state index contributed by atoms with van der Waals surface area (Å²) in [6.07, 6.45) is 3.98. The van der Waals surface area contributed by atoms with Crippen molar-refractivity contribution in [1.29, 1.82) is 0 Å². The van der Waals surface area contributed by atoms with E-state index in [1.54, 1.807) is 16.8 Å². The van der Waals surface area contributed by atoms with Crippen molar-refractivity contribution in [2.75, 3.05) is 31.6 Å². The number of fused-ring (bicyclic) bond motifs is 1. The van der Waals surface area contributed by atoms with Crippen LogP contribution in [-0.4, -0.2) is 68.2 Å². The number of likely N-dealkylation sites (tertiary alicyclic amines) is 1. The minimum atomic E-state index is 0.198. The molecule has 3 aromatic rings. The second-order valence-electron chi connectivity index (χ2n) is 7.69. The third kappa shape index (κ3) is 3.08. The van der Waals surface area contributed by atoms with Gasteiger partial charge in [-0.1, -0.05) is 6.07 Å². The van der Waals surface area contributed by atoms with Crippen LogP contribution in [0.3, 0.4) is 0 Å². The van der Waals surface area contributed by atoms with Crippen molar-refractivity contribution in [1.82, 2.24) is 24.7 Å². The number of nitrogens with one attached hydrogen (secondary N) is 1. The maximum absolute atomic E-state index is 10.4. The SMILES string of the molecule is Cc1ccc(-c2nnc(N[C@@H]3CCCN(C4COC4)C3)n3nccc23)c(O)c1. The van der Waals surface area contributed by atoms with Crippen LogP contribution in [0.5, 0.6) is 5.75 Å². The Labute approximate surface area is 163 Å². The van der Waals surface area contributed by atoms with E-state index in [-0.39, 0.29) is 5.75 Å². The highest BCUT2D eigenvalue weighted by atomic mass is 16.5. The van der Waals surface area contributed by atoms with E-state index in [4.69, 9.17) is 4.74 Å². The lowest BCUT2D eigenvalue weighted by atomic mass is 10.0. The monoisotopic (exact) mass is 380 g/mol. The number of aryl methyl sites for hydroxylation is 1. The van der Waals surface area contributed by atoms with Crippen LogP contribution in [0.1, 0.15) is 18.4 Å². The van der Waals surface area contributed by atoms with Gasteiger partial charge in [0.2, 0.25) is 5.95 Å². The van der Waals surface area contributed by atoms with E-state index in [1.165, 1.54) is 0 Å². The molecule has 0 radical (unpaired) electrons. The number of hydrogen-bond acceptors (Lipinski definition) is 7. The van der Waals surface area contributed by atoms with Gasteiger partial charge < -0.3 is 15.2 Å². The first-order valence-electron chi connectivity index (χ1n) is 9.78. The number of piperidine rings is 1. The highest BCUT2D eigenvalue weighted by Gasteiger charge is 2.30. The number of aromatic hydroxyl groups is 1. The Morgan fingerprint density at radius 2 is 2.11 bits per heavy atom. The number of aromatic nitrogens is 4. The van der Waals surface area contributed by atoms with E-state index >= 15 is 0 Å². The van der Waals surface area contributed by atoms with Crippen LogP contribution in [0.15, 0.2) is 30.5 Å². The average molecular weight is 380 g/mol. The number of ether oxygens (including phenoxy) is 1. The summed E-state index contributed by atoms with van der Waals surface area (Å²) < 4.78 is 7.11. The molecule has 4 heterocycles. The number of benzene rings is 1. The van der Waals surface area contributed by atoms with Gasteiger partial charge in [0.25, 0.3) is 0 Å². The van der Waals surface area contributed by atoms with Crippen molar-refractivity contribution >= 4 is 11.5 Å².